The third-order valence-electron chi connectivity index (χ3n) is 3.36. The van der Waals surface area contributed by atoms with Crippen LogP contribution in [-0.4, -0.2) is 37.6 Å². The van der Waals surface area contributed by atoms with Gasteiger partial charge in [0.2, 0.25) is 0 Å². The lowest BCUT2D eigenvalue weighted by Gasteiger charge is -2.33. The summed E-state index contributed by atoms with van der Waals surface area (Å²) in [6.45, 7) is 5.60. The smallest absolute Gasteiger partial charge is 0.0258 e. The Morgan fingerprint density at radius 2 is 2.20 bits per heavy atom. The van der Waals surface area contributed by atoms with E-state index in [1.807, 2.05) is 0 Å². The fraction of sp³-hybridized carbons (Fsp3) is 0.538. The van der Waals surface area contributed by atoms with Crippen LogP contribution in [0.1, 0.15) is 11.1 Å². The lowest BCUT2D eigenvalue weighted by Crippen LogP contribution is -2.50. The fourth-order valence-corrected chi connectivity index (χ4v) is 2.18. The molecule has 2 heteroatoms. The average molecular weight is 204 g/mol. The molecular formula is C13H20N2. The van der Waals surface area contributed by atoms with Crippen molar-refractivity contribution in [3.8, 4) is 0 Å². The average Bonchev–Trinajstić information content (AvgIpc) is 2.24. The number of piperazine rings is 1. The molecule has 1 aromatic rings. The lowest BCUT2D eigenvalue weighted by molar-refractivity contribution is 0.199. The molecule has 15 heavy (non-hydrogen) atoms. The molecule has 1 unspecified atom stereocenters. The van der Waals surface area contributed by atoms with Gasteiger partial charge in [-0.15, -0.1) is 0 Å². The highest BCUT2D eigenvalue weighted by atomic mass is 15.2. The monoisotopic (exact) mass is 204 g/mol. The number of nitrogens with zero attached hydrogens (tertiary/aromatic N) is 1. The Balaban J connectivity index is 2.04. The second-order valence-corrected chi connectivity index (χ2v) is 4.47. The summed E-state index contributed by atoms with van der Waals surface area (Å²) in [5.41, 5.74) is 2.90. The second kappa shape index (κ2) is 4.77. The normalized spacial score (nSPS) is 22.9. The molecule has 0 aliphatic carbocycles. The Labute approximate surface area is 92.3 Å². The van der Waals surface area contributed by atoms with Crippen molar-refractivity contribution in [1.29, 1.82) is 0 Å². The lowest BCUT2D eigenvalue weighted by atomic mass is 9.99. The Kier molecular flexibility index (Phi) is 3.39. The van der Waals surface area contributed by atoms with Crippen LogP contribution in [0, 0.1) is 6.92 Å². The van der Waals surface area contributed by atoms with Crippen molar-refractivity contribution >= 4 is 0 Å². The maximum absolute atomic E-state index is 3.46. The molecule has 0 radical (unpaired) electrons. The Bertz CT molecular complexity index is 322. The van der Waals surface area contributed by atoms with Gasteiger partial charge in [0.05, 0.1) is 0 Å². The first kappa shape index (κ1) is 10.7. The van der Waals surface area contributed by atoms with Crippen LogP contribution in [0.4, 0.5) is 0 Å². The van der Waals surface area contributed by atoms with Gasteiger partial charge in [0, 0.05) is 25.7 Å². The van der Waals surface area contributed by atoms with E-state index in [0.29, 0.717) is 6.04 Å². The quantitative estimate of drug-likeness (QED) is 0.784. The number of likely N-dealkylation sites (N-methyl/N-ethyl adjacent to an activating group) is 1. The molecule has 0 amide bonds. The van der Waals surface area contributed by atoms with E-state index in [4.69, 9.17) is 0 Å². The molecule has 1 N–H and O–H groups in total. The van der Waals surface area contributed by atoms with Gasteiger partial charge >= 0.3 is 0 Å². The Morgan fingerprint density at radius 3 is 2.93 bits per heavy atom. The SMILES string of the molecule is Cc1ccccc1CC1CNCCN1C. The minimum atomic E-state index is 0.653. The molecule has 1 atom stereocenters. The molecule has 1 aliphatic heterocycles. The zero-order chi connectivity index (χ0) is 10.7. The fourth-order valence-electron chi connectivity index (χ4n) is 2.18. The van der Waals surface area contributed by atoms with Crippen LogP contribution in [0.15, 0.2) is 24.3 Å². The van der Waals surface area contributed by atoms with Crippen molar-refractivity contribution in [3.63, 3.8) is 0 Å². The summed E-state index contributed by atoms with van der Waals surface area (Å²) in [4.78, 5) is 2.46. The van der Waals surface area contributed by atoms with Gasteiger partial charge in [-0.3, -0.25) is 0 Å². The number of benzene rings is 1. The maximum Gasteiger partial charge on any atom is 0.0258 e. The highest BCUT2D eigenvalue weighted by Crippen LogP contribution is 2.13. The molecule has 0 bridgehead atoms. The molecule has 82 valence electrons. The van der Waals surface area contributed by atoms with Gasteiger partial charge in [-0.1, -0.05) is 24.3 Å². The van der Waals surface area contributed by atoms with Gasteiger partial charge in [0.1, 0.15) is 0 Å². The van der Waals surface area contributed by atoms with Crippen molar-refractivity contribution < 1.29 is 0 Å². The van der Waals surface area contributed by atoms with Crippen molar-refractivity contribution in [2.45, 2.75) is 19.4 Å². The zero-order valence-electron chi connectivity index (χ0n) is 9.66. The van der Waals surface area contributed by atoms with E-state index < -0.39 is 0 Å². The molecule has 1 fully saturated rings. The van der Waals surface area contributed by atoms with Gasteiger partial charge in [0.25, 0.3) is 0 Å². The number of hydrogen-bond acceptors (Lipinski definition) is 2. The third kappa shape index (κ3) is 2.58. The molecule has 0 saturated carbocycles. The van der Waals surface area contributed by atoms with Gasteiger partial charge < -0.3 is 10.2 Å². The highest BCUT2D eigenvalue weighted by molar-refractivity contribution is 5.26. The molecule has 1 aromatic carbocycles. The van der Waals surface area contributed by atoms with Crippen LogP contribution in [0.3, 0.4) is 0 Å². The first-order valence-corrected chi connectivity index (χ1v) is 5.73. The Morgan fingerprint density at radius 1 is 1.40 bits per heavy atom. The van der Waals surface area contributed by atoms with Crippen LogP contribution in [-0.2, 0) is 6.42 Å². The number of rotatable bonds is 2. The van der Waals surface area contributed by atoms with Crippen molar-refractivity contribution in [2.24, 2.45) is 0 Å². The third-order valence-corrected chi connectivity index (χ3v) is 3.36. The van der Waals surface area contributed by atoms with Crippen LogP contribution in [0.5, 0.6) is 0 Å². The maximum atomic E-state index is 3.46. The molecule has 1 saturated heterocycles. The first-order valence-electron chi connectivity index (χ1n) is 5.73. The molecule has 0 spiro atoms. The van der Waals surface area contributed by atoms with E-state index in [-0.39, 0.29) is 0 Å². The number of aryl methyl sites for hydroxylation is 1. The van der Waals surface area contributed by atoms with Crippen LogP contribution < -0.4 is 5.32 Å². The second-order valence-electron chi connectivity index (χ2n) is 4.47. The summed E-state index contributed by atoms with van der Waals surface area (Å²) in [6, 6.07) is 9.35. The summed E-state index contributed by atoms with van der Waals surface area (Å²) in [6.07, 6.45) is 1.16. The number of nitrogens with one attached hydrogen (secondary N) is 1. The van der Waals surface area contributed by atoms with Gasteiger partial charge in [-0.05, 0) is 31.5 Å². The highest BCUT2D eigenvalue weighted by Gasteiger charge is 2.18. The van der Waals surface area contributed by atoms with E-state index in [2.05, 4.69) is 48.5 Å². The molecule has 2 rings (SSSR count). The van der Waals surface area contributed by atoms with Gasteiger partial charge in [-0.2, -0.15) is 0 Å². The van der Waals surface area contributed by atoms with Crippen LogP contribution in [0.2, 0.25) is 0 Å². The molecular weight excluding hydrogens is 184 g/mol. The zero-order valence-corrected chi connectivity index (χ0v) is 9.66. The van der Waals surface area contributed by atoms with E-state index >= 15 is 0 Å². The van der Waals surface area contributed by atoms with Crippen molar-refractivity contribution in [1.82, 2.24) is 10.2 Å². The topological polar surface area (TPSA) is 15.3 Å². The van der Waals surface area contributed by atoms with Gasteiger partial charge in [0.15, 0.2) is 0 Å². The Hall–Kier alpha value is -0.860. The van der Waals surface area contributed by atoms with Crippen LogP contribution >= 0.6 is 0 Å². The molecule has 2 nitrogen and oxygen atoms in total. The first-order chi connectivity index (χ1) is 7.27. The number of hydrogen-bond donors (Lipinski definition) is 1. The van der Waals surface area contributed by atoms with E-state index in [9.17, 15) is 0 Å². The summed E-state index contributed by atoms with van der Waals surface area (Å²) in [7, 11) is 2.23. The molecule has 1 aliphatic rings. The standard InChI is InChI=1S/C13H20N2/c1-11-5-3-4-6-12(11)9-13-10-14-7-8-15(13)2/h3-6,13-14H,7-10H2,1-2H3. The summed E-state index contributed by atoms with van der Waals surface area (Å²) < 4.78 is 0. The summed E-state index contributed by atoms with van der Waals surface area (Å²) >= 11 is 0. The van der Waals surface area contributed by atoms with Gasteiger partial charge in [-0.25, -0.2) is 0 Å². The minimum absolute atomic E-state index is 0.653. The molecule has 1 heterocycles. The van der Waals surface area contributed by atoms with Crippen LogP contribution in [0.25, 0.3) is 0 Å². The van der Waals surface area contributed by atoms with Crippen molar-refractivity contribution in [2.75, 3.05) is 26.7 Å². The summed E-state index contributed by atoms with van der Waals surface area (Å²) in [5.74, 6) is 0. The van der Waals surface area contributed by atoms with E-state index in [1.54, 1.807) is 0 Å². The predicted molar refractivity (Wildman–Crippen MR) is 64.2 cm³/mol. The van der Waals surface area contributed by atoms with Crippen molar-refractivity contribution in [3.05, 3.63) is 35.4 Å². The van der Waals surface area contributed by atoms with E-state index in [0.717, 1.165) is 26.1 Å². The van der Waals surface area contributed by atoms with E-state index in [1.165, 1.54) is 11.1 Å². The predicted octanol–water partition coefficient (Wildman–Crippen LogP) is 1.44. The molecule has 0 aromatic heterocycles. The minimum Gasteiger partial charge on any atom is -0.314 e. The largest absolute Gasteiger partial charge is 0.314 e. The summed E-state index contributed by atoms with van der Waals surface area (Å²) in [5, 5.41) is 3.46.